The second-order valence-electron chi connectivity index (χ2n) is 5.35. The van der Waals surface area contributed by atoms with Crippen molar-refractivity contribution in [2.75, 3.05) is 13.2 Å². The largest absolute Gasteiger partial charge is 0.394 e. The number of nitrogens with zero attached hydrogens (tertiary/aromatic N) is 1. The van der Waals surface area contributed by atoms with Gasteiger partial charge in [0, 0.05) is 18.6 Å². The van der Waals surface area contributed by atoms with Crippen LogP contribution in [-0.4, -0.2) is 52.7 Å². The summed E-state index contributed by atoms with van der Waals surface area (Å²) in [4.78, 5) is 12.0. The molecule has 118 valence electrons. The lowest BCUT2D eigenvalue weighted by atomic mass is 9.99. The molecular weight excluding hydrogens is 276 g/mol. The normalized spacial score (nSPS) is 25.8. The summed E-state index contributed by atoms with van der Waals surface area (Å²) in [5.74, 6) is 0.587. The summed E-state index contributed by atoms with van der Waals surface area (Å²) in [6.45, 7) is 3.82. The number of aryl methyl sites for hydroxylation is 2. The van der Waals surface area contributed by atoms with Gasteiger partial charge in [-0.25, -0.2) is 0 Å². The third kappa shape index (κ3) is 3.81. The van der Waals surface area contributed by atoms with Gasteiger partial charge in [0.15, 0.2) is 0 Å². The van der Waals surface area contributed by atoms with Crippen molar-refractivity contribution in [3.05, 3.63) is 17.0 Å². The molecule has 2 heterocycles. The van der Waals surface area contributed by atoms with Crippen LogP contribution in [0.25, 0.3) is 0 Å². The molecule has 1 aliphatic heterocycles. The molecule has 21 heavy (non-hydrogen) atoms. The lowest BCUT2D eigenvalue weighted by Gasteiger charge is -2.34. The quantitative estimate of drug-likeness (QED) is 0.698. The van der Waals surface area contributed by atoms with Gasteiger partial charge in [0.05, 0.1) is 18.3 Å². The Hall–Kier alpha value is -1.44. The Morgan fingerprint density at radius 3 is 2.86 bits per heavy atom. The Bertz CT molecular complexity index is 468. The average molecular weight is 298 g/mol. The molecule has 0 spiro atoms. The van der Waals surface area contributed by atoms with Crippen LogP contribution >= 0.6 is 0 Å². The van der Waals surface area contributed by atoms with Crippen LogP contribution in [0.15, 0.2) is 4.52 Å². The smallest absolute Gasteiger partial charge is 0.220 e. The second-order valence-corrected chi connectivity index (χ2v) is 5.35. The van der Waals surface area contributed by atoms with Crippen molar-refractivity contribution in [2.45, 2.75) is 51.4 Å². The number of carbonyl (C=O) groups excluding carboxylic acids is 1. The van der Waals surface area contributed by atoms with Crippen molar-refractivity contribution < 1.29 is 24.3 Å². The first kappa shape index (κ1) is 15.9. The van der Waals surface area contributed by atoms with Crippen LogP contribution < -0.4 is 5.32 Å². The van der Waals surface area contributed by atoms with Crippen molar-refractivity contribution in [3.63, 3.8) is 0 Å². The lowest BCUT2D eigenvalue weighted by Crippen LogP contribution is -2.54. The highest BCUT2D eigenvalue weighted by atomic mass is 16.5. The van der Waals surface area contributed by atoms with E-state index < -0.39 is 12.2 Å². The van der Waals surface area contributed by atoms with Crippen LogP contribution in [0.2, 0.25) is 0 Å². The van der Waals surface area contributed by atoms with E-state index in [0.29, 0.717) is 25.9 Å². The number of carbonyl (C=O) groups is 1. The van der Waals surface area contributed by atoms with Crippen molar-refractivity contribution in [3.8, 4) is 0 Å². The van der Waals surface area contributed by atoms with Gasteiger partial charge in [-0.3, -0.25) is 4.79 Å². The fourth-order valence-corrected chi connectivity index (χ4v) is 2.57. The van der Waals surface area contributed by atoms with Gasteiger partial charge in [-0.15, -0.1) is 0 Å². The number of hydrogen-bond donors (Lipinski definition) is 3. The predicted octanol–water partition coefficient (Wildman–Crippen LogP) is -0.149. The van der Waals surface area contributed by atoms with Gasteiger partial charge in [-0.05, 0) is 26.7 Å². The van der Waals surface area contributed by atoms with Crippen molar-refractivity contribution in [2.24, 2.45) is 0 Å². The fourth-order valence-electron chi connectivity index (χ4n) is 2.57. The van der Waals surface area contributed by atoms with E-state index in [1.54, 1.807) is 0 Å². The van der Waals surface area contributed by atoms with Gasteiger partial charge in [0.25, 0.3) is 0 Å². The van der Waals surface area contributed by atoms with Crippen LogP contribution in [0.1, 0.15) is 29.9 Å². The van der Waals surface area contributed by atoms with E-state index in [-0.39, 0.29) is 18.6 Å². The molecule has 0 saturated carbocycles. The third-order valence-electron chi connectivity index (χ3n) is 3.86. The fraction of sp³-hybridized carbons (Fsp3) is 0.714. The molecule has 0 aromatic carbocycles. The number of aliphatic hydroxyl groups is 2. The van der Waals surface area contributed by atoms with Crippen molar-refractivity contribution in [1.29, 1.82) is 0 Å². The summed E-state index contributed by atoms with van der Waals surface area (Å²) in [7, 11) is 0. The van der Waals surface area contributed by atoms with Crippen molar-refractivity contribution in [1.82, 2.24) is 10.5 Å². The summed E-state index contributed by atoms with van der Waals surface area (Å²) >= 11 is 0. The maximum atomic E-state index is 12.0. The third-order valence-corrected chi connectivity index (χ3v) is 3.86. The molecule has 0 aliphatic carbocycles. The molecule has 1 amide bonds. The van der Waals surface area contributed by atoms with E-state index in [4.69, 9.17) is 14.4 Å². The first-order valence-corrected chi connectivity index (χ1v) is 7.14. The average Bonchev–Trinajstić information content (AvgIpc) is 2.78. The molecule has 7 nitrogen and oxygen atoms in total. The minimum atomic E-state index is -0.883. The Morgan fingerprint density at radius 2 is 2.24 bits per heavy atom. The Morgan fingerprint density at radius 1 is 1.48 bits per heavy atom. The molecule has 3 atom stereocenters. The van der Waals surface area contributed by atoms with E-state index in [0.717, 1.165) is 17.0 Å². The van der Waals surface area contributed by atoms with E-state index in [1.807, 2.05) is 13.8 Å². The molecule has 1 saturated heterocycles. The molecule has 0 radical (unpaired) electrons. The Kier molecular flexibility index (Phi) is 5.33. The first-order chi connectivity index (χ1) is 10.0. The molecule has 1 aromatic rings. The van der Waals surface area contributed by atoms with Gasteiger partial charge in [0.2, 0.25) is 5.91 Å². The van der Waals surface area contributed by atoms with Gasteiger partial charge in [-0.2, -0.15) is 0 Å². The number of aliphatic hydroxyl groups excluding tert-OH is 2. The van der Waals surface area contributed by atoms with Crippen LogP contribution in [0.5, 0.6) is 0 Å². The maximum Gasteiger partial charge on any atom is 0.220 e. The standard InChI is InChI=1S/C14H22N2O5/c1-8-10(9(2)21-16-8)3-4-13(18)15-11-5-6-20-12(7-17)14(11)19/h11-12,14,17,19H,3-7H2,1-2H3,(H,15,18)/t11-,12+,14-/m0/s1. The summed E-state index contributed by atoms with van der Waals surface area (Å²) in [5, 5.41) is 25.7. The van der Waals surface area contributed by atoms with E-state index in [2.05, 4.69) is 10.5 Å². The highest BCUT2D eigenvalue weighted by Gasteiger charge is 2.33. The Balaban J connectivity index is 1.84. The Labute approximate surface area is 123 Å². The highest BCUT2D eigenvalue weighted by Crippen LogP contribution is 2.16. The molecule has 0 bridgehead atoms. The van der Waals surface area contributed by atoms with Crippen LogP contribution in [-0.2, 0) is 16.0 Å². The van der Waals surface area contributed by atoms with E-state index >= 15 is 0 Å². The number of nitrogens with one attached hydrogen (secondary N) is 1. The number of hydrogen-bond acceptors (Lipinski definition) is 6. The summed E-state index contributed by atoms with van der Waals surface area (Å²) in [6.07, 6.45) is -0.125. The SMILES string of the molecule is Cc1noc(C)c1CCC(=O)N[C@H]1CCO[C@H](CO)[C@H]1O. The first-order valence-electron chi connectivity index (χ1n) is 7.14. The molecular formula is C14H22N2O5. The van der Waals surface area contributed by atoms with E-state index in [9.17, 15) is 9.90 Å². The van der Waals surface area contributed by atoms with Gasteiger partial charge in [0.1, 0.15) is 18.0 Å². The maximum absolute atomic E-state index is 12.0. The van der Waals surface area contributed by atoms with Gasteiger partial charge in [-0.1, -0.05) is 5.16 Å². The summed E-state index contributed by atoms with van der Waals surface area (Å²) < 4.78 is 10.3. The zero-order chi connectivity index (χ0) is 15.4. The summed E-state index contributed by atoms with van der Waals surface area (Å²) in [5.41, 5.74) is 1.75. The molecule has 1 fully saturated rings. The zero-order valence-corrected chi connectivity index (χ0v) is 12.3. The van der Waals surface area contributed by atoms with E-state index in [1.165, 1.54) is 0 Å². The molecule has 3 N–H and O–H groups in total. The number of ether oxygens (including phenoxy) is 1. The van der Waals surface area contributed by atoms with Gasteiger partial charge >= 0.3 is 0 Å². The second kappa shape index (κ2) is 7.02. The topological polar surface area (TPSA) is 105 Å². The zero-order valence-electron chi connectivity index (χ0n) is 12.3. The number of aromatic nitrogens is 1. The number of amides is 1. The van der Waals surface area contributed by atoms with Crippen LogP contribution in [0.3, 0.4) is 0 Å². The lowest BCUT2D eigenvalue weighted by molar-refractivity contribution is -0.131. The molecule has 2 rings (SSSR count). The molecule has 0 unspecified atom stereocenters. The number of rotatable bonds is 5. The van der Waals surface area contributed by atoms with Crippen LogP contribution in [0.4, 0.5) is 0 Å². The minimum Gasteiger partial charge on any atom is -0.394 e. The molecule has 7 heteroatoms. The van der Waals surface area contributed by atoms with Crippen LogP contribution in [0, 0.1) is 13.8 Å². The predicted molar refractivity (Wildman–Crippen MR) is 73.7 cm³/mol. The van der Waals surface area contributed by atoms with Crippen molar-refractivity contribution >= 4 is 5.91 Å². The molecule has 1 aliphatic rings. The van der Waals surface area contributed by atoms with Gasteiger partial charge < -0.3 is 24.8 Å². The molecule has 1 aromatic heterocycles. The minimum absolute atomic E-state index is 0.141. The highest BCUT2D eigenvalue weighted by molar-refractivity contribution is 5.76. The summed E-state index contributed by atoms with van der Waals surface area (Å²) in [6, 6.07) is -0.381. The monoisotopic (exact) mass is 298 g/mol.